The van der Waals surface area contributed by atoms with Crippen LogP contribution in [0.3, 0.4) is 0 Å². The van der Waals surface area contributed by atoms with E-state index in [4.69, 9.17) is 9.83 Å². The van der Waals surface area contributed by atoms with Crippen molar-refractivity contribution in [2.24, 2.45) is 10.9 Å². The molecule has 1 aromatic rings. The zero-order valence-corrected chi connectivity index (χ0v) is 17.5. The number of fused-ring (bicyclic) bond motifs is 2. The van der Waals surface area contributed by atoms with Gasteiger partial charge < -0.3 is 14.4 Å². The van der Waals surface area contributed by atoms with Crippen LogP contribution in [0.15, 0.2) is 46.4 Å². The lowest BCUT2D eigenvalue weighted by molar-refractivity contribution is -0.159. The molecule has 0 N–H and O–H groups in total. The van der Waals surface area contributed by atoms with Crippen LogP contribution in [-0.2, 0) is 18.0 Å². The van der Waals surface area contributed by atoms with Crippen molar-refractivity contribution in [1.82, 2.24) is 24.4 Å². The summed E-state index contributed by atoms with van der Waals surface area (Å²) >= 11 is 0. The number of imidazole rings is 1. The predicted molar refractivity (Wildman–Crippen MR) is 109 cm³/mol. The van der Waals surface area contributed by atoms with E-state index >= 15 is 0 Å². The van der Waals surface area contributed by atoms with E-state index in [1.54, 1.807) is 0 Å². The lowest BCUT2D eigenvalue weighted by Gasteiger charge is -2.40. The van der Waals surface area contributed by atoms with Crippen LogP contribution in [0.2, 0.25) is 0 Å². The first-order valence-corrected chi connectivity index (χ1v) is 10.2. The van der Waals surface area contributed by atoms with Gasteiger partial charge in [-0.25, -0.2) is 10.0 Å². The van der Waals surface area contributed by atoms with Gasteiger partial charge in [-0.3, -0.25) is 9.83 Å². The summed E-state index contributed by atoms with van der Waals surface area (Å²) in [5.74, 6) is 2.56. The predicted octanol–water partition coefficient (Wildman–Crippen LogP) is 3.58. The summed E-state index contributed by atoms with van der Waals surface area (Å²) in [5, 5.41) is 1.89. The number of aromatic nitrogens is 2. The topological polar surface area (TPSA) is 49.1 Å². The number of hydroxylamine groups is 2. The Hall–Kier alpha value is -2.54. The molecule has 7 nitrogen and oxygen atoms in total. The highest BCUT2D eigenvalue weighted by Crippen LogP contribution is 2.38. The lowest BCUT2D eigenvalue weighted by atomic mass is 9.95. The Morgan fingerprint density at radius 1 is 1.21 bits per heavy atom. The van der Waals surface area contributed by atoms with E-state index in [0.29, 0.717) is 19.3 Å². The molecule has 3 aliphatic rings. The van der Waals surface area contributed by atoms with Crippen molar-refractivity contribution < 1.29 is 4.84 Å². The van der Waals surface area contributed by atoms with Crippen molar-refractivity contribution >= 4 is 6.21 Å². The van der Waals surface area contributed by atoms with Crippen LogP contribution >= 0.6 is 0 Å². The SMILES string of the molecule is CCCN1C=C(C)C(C)C2=C1N1CN(OCn3cc(C)nc3CC)C=C1C=N2. The van der Waals surface area contributed by atoms with Crippen molar-refractivity contribution in [3.8, 4) is 0 Å². The third-order valence-corrected chi connectivity index (χ3v) is 5.54. The van der Waals surface area contributed by atoms with Gasteiger partial charge in [0.25, 0.3) is 0 Å². The fourth-order valence-corrected chi connectivity index (χ4v) is 3.96. The summed E-state index contributed by atoms with van der Waals surface area (Å²) in [7, 11) is 0. The first-order valence-electron chi connectivity index (χ1n) is 10.2. The first-order chi connectivity index (χ1) is 13.5. The average Bonchev–Trinajstić information content (AvgIpc) is 3.26. The van der Waals surface area contributed by atoms with Crippen LogP contribution in [0, 0.1) is 12.8 Å². The summed E-state index contributed by atoms with van der Waals surface area (Å²) in [5.41, 5.74) is 4.59. The second kappa shape index (κ2) is 7.47. The van der Waals surface area contributed by atoms with Crippen molar-refractivity contribution in [1.29, 1.82) is 0 Å². The summed E-state index contributed by atoms with van der Waals surface area (Å²) in [6.45, 7) is 12.9. The molecule has 0 spiro atoms. The first kappa shape index (κ1) is 18.8. The molecule has 1 aromatic heterocycles. The van der Waals surface area contributed by atoms with Crippen LogP contribution in [0.5, 0.6) is 0 Å². The summed E-state index contributed by atoms with van der Waals surface area (Å²) in [6, 6.07) is 0. The standard InChI is InChI=1S/C21H30N6O/c1-6-8-24-10-15(3)17(5)20-21(24)27-13-26(12-18(27)9-22-20)28-14-25-11-16(4)23-19(25)7-2/h9-12,17H,6-8,13-14H2,1-5H3. The summed E-state index contributed by atoms with van der Waals surface area (Å²) in [4.78, 5) is 20.1. The normalized spacial score (nSPS) is 21.2. The summed E-state index contributed by atoms with van der Waals surface area (Å²) < 4.78 is 2.07. The van der Waals surface area contributed by atoms with Gasteiger partial charge in [0.15, 0.2) is 6.73 Å². The third kappa shape index (κ3) is 3.24. The van der Waals surface area contributed by atoms with E-state index in [-0.39, 0.29) is 0 Å². The highest BCUT2D eigenvalue weighted by atomic mass is 16.7. The van der Waals surface area contributed by atoms with Gasteiger partial charge in [0, 0.05) is 31.3 Å². The molecule has 1 atom stereocenters. The van der Waals surface area contributed by atoms with E-state index in [9.17, 15) is 0 Å². The second-order valence-electron chi connectivity index (χ2n) is 7.68. The molecule has 0 amide bonds. The molecule has 0 bridgehead atoms. The van der Waals surface area contributed by atoms with Gasteiger partial charge in [0.1, 0.15) is 18.3 Å². The molecule has 0 aromatic carbocycles. The van der Waals surface area contributed by atoms with Gasteiger partial charge in [0.05, 0.1) is 29.5 Å². The number of aryl methyl sites for hydroxylation is 2. The van der Waals surface area contributed by atoms with Gasteiger partial charge in [0.2, 0.25) is 0 Å². The van der Waals surface area contributed by atoms with Crippen molar-refractivity contribution in [2.75, 3.05) is 13.2 Å². The number of rotatable bonds is 6. The Labute approximate surface area is 167 Å². The quantitative estimate of drug-likeness (QED) is 0.753. The van der Waals surface area contributed by atoms with Gasteiger partial charge >= 0.3 is 0 Å². The molecule has 0 fully saturated rings. The van der Waals surface area contributed by atoms with E-state index in [0.717, 1.165) is 42.3 Å². The number of allylic oxidation sites excluding steroid dienone is 2. The third-order valence-electron chi connectivity index (χ3n) is 5.54. The molecule has 0 radical (unpaired) electrons. The summed E-state index contributed by atoms with van der Waals surface area (Å²) in [6.07, 6.45) is 10.3. The minimum atomic E-state index is 0.330. The van der Waals surface area contributed by atoms with Crippen LogP contribution in [-0.4, -0.2) is 43.8 Å². The van der Waals surface area contributed by atoms with Crippen molar-refractivity contribution in [3.63, 3.8) is 0 Å². The highest BCUT2D eigenvalue weighted by Gasteiger charge is 2.35. The number of nitrogens with zero attached hydrogens (tertiary/aromatic N) is 6. The Bertz CT molecular complexity index is 877. The molecule has 7 heteroatoms. The number of aliphatic imine (C=N–C) groups is 1. The van der Waals surface area contributed by atoms with Crippen LogP contribution in [0.4, 0.5) is 0 Å². The maximum Gasteiger partial charge on any atom is 0.151 e. The molecule has 28 heavy (non-hydrogen) atoms. The van der Waals surface area contributed by atoms with E-state index < -0.39 is 0 Å². The van der Waals surface area contributed by atoms with Gasteiger partial charge in [-0.1, -0.05) is 20.8 Å². The maximum atomic E-state index is 6.08. The molecule has 4 heterocycles. The zero-order chi connectivity index (χ0) is 19.8. The molecule has 1 unspecified atom stereocenters. The Kier molecular flexibility index (Phi) is 5.02. The van der Waals surface area contributed by atoms with Gasteiger partial charge in [-0.05, 0) is 25.8 Å². The molecule has 0 saturated carbocycles. The van der Waals surface area contributed by atoms with Crippen molar-refractivity contribution in [3.05, 3.63) is 52.9 Å². The van der Waals surface area contributed by atoms with Crippen molar-refractivity contribution in [2.45, 2.75) is 54.2 Å². The Morgan fingerprint density at radius 2 is 2.04 bits per heavy atom. The zero-order valence-electron chi connectivity index (χ0n) is 17.5. The van der Waals surface area contributed by atoms with Gasteiger partial charge in [-0.2, -0.15) is 0 Å². The smallest absolute Gasteiger partial charge is 0.151 e. The molecule has 4 rings (SSSR count). The molecule has 150 valence electrons. The largest absolute Gasteiger partial charge is 0.333 e. The average molecular weight is 383 g/mol. The van der Waals surface area contributed by atoms with Gasteiger partial charge in [-0.15, -0.1) is 0 Å². The van der Waals surface area contributed by atoms with Crippen LogP contribution in [0.25, 0.3) is 0 Å². The fourth-order valence-electron chi connectivity index (χ4n) is 3.96. The second-order valence-corrected chi connectivity index (χ2v) is 7.68. The molecule has 0 saturated heterocycles. The monoisotopic (exact) mass is 382 g/mol. The molecule has 3 aliphatic heterocycles. The molecular formula is C21H30N6O. The van der Waals surface area contributed by atoms with Crippen LogP contribution in [0.1, 0.15) is 45.6 Å². The Balaban J connectivity index is 1.51. The number of hydrogen-bond donors (Lipinski definition) is 0. The fraction of sp³-hybridized carbons (Fsp3) is 0.524. The Morgan fingerprint density at radius 3 is 2.79 bits per heavy atom. The molecular weight excluding hydrogens is 352 g/mol. The van der Waals surface area contributed by atoms with E-state index in [1.165, 1.54) is 11.4 Å². The highest BCUT2D eigenvalue weighted by molar-refractivity contribution is 5.81. The molecule has 0 aliphatic carbocycles. The lowest BCUT2D eigenvalue weighted by Crippen LogP contribution is -2.40. The minimum absolute atomic E-state index is 0.330. The van der Waals surface area contributed by atoms with E-state index in [2.05, 4.69) is 53.2 Å². The maximum absolute atomic E-state index is 6.08. The minimum Gasteiger partial charge on any atom is -0.333 e. The van der Waals surface area contributed by atoms with E-state index in [1.807, 2.05) is 30.6 Å². The number of hydrogen-bond acceptors (Lipinski definition) is 6. The van der Waals surface area contributed by atoms with Crippen LogP contribution < -0.4 is 0 Å².